The molecule has 2 heterocycles. The first-order chi connectivity index (χ1) is 22.5. The van der Waals surface area contributed by atoms with Crippen LogP contribution in [0.25, 0.3) is 6.08 Å². The molecule has 0 bridgehead atoms. The van der Waals surface area contributed by atoms with Crippen LogP contribution in [-0.4, -0.2) is 91.0 Å². The molecule has 3 N–H and O–H groups in total. The van der Waals surface area contributed by atoms with Crippen molar-refractivity contribution in [1.82, 2.24) is 10.6 Å². The molecule has 1 aromatic rings. The molecule has 3 unspecified atom stereocenters. The van der Waals surface area contributed by atoms with Crippen molar-refractivity contribution in [2.24, 2.45) is 5.92 Å². The molecule has 5 rings (SSSR count). The van der Waals surface area contributed by atoms with Gasteiger partial charge in [-0.1, -0.05) is 24.3 Å². The van der Waals surface area contributed by atoms with Gasteiger partial charge in [-0.15, -0.1) is 0 Å². The molecule has 12 nitrogen and oxygen atoms in total. The maximum Gasteiger partial charge on any atom is 0.338 e. The minimum absolute atomic E-state index is 0.0169. The molecular weight excluding hydrogens is 608 g/mol. The molecule has 2 aliphatic heterocycles. The smallest absolute Gasteiger partial charge is 0.338 e. The largest absolute Gasteiger partial charge is 0.460 e. The lowest BCUT2D eigenvalue weighted by Crippen LogP contribution is -2.44. The Bertz CT molecular complexity index is 1370. The van der Waals surface area contributed by atoms with Gasteiger partial charge in [0.05, 0.1) is 30.4 Å². The van der Waals surface area contributed by atoms with Gasteiger partial charge in [0.2, 0.25) is 11.8 Å². The molecule has 4 aliphatic rings. The molecule has 2 saturated heterocycles. The summed E-state index contributed by atoms with van der Waals surface area (Å²) < 4.78 is 28.1. The van der Waals surface area contributed by atoms with Crippen LogP contribution in [-0.2, 0) is 38.1 Å². The summed E-state index contributed by atoms with van der Waals surface area (Å²) in [6.45, 7) is 5.02. The fraction of sp³-hybridized carbons (Fsp3) is 0.600. The van der Waals surface area contributed by atoms with E-state index in [4.69, 9.17) is 23.7 Å². The average Bonchev–Trinajstić information content (AvgIpc) is 3.65. The number of nitrogens with one attached hydrogen (secondary N) is 2. The molecule has 2 amide bonds. The first kappa shape index (κ1) is 34.7. The van der Waals surface area contributed by atoms with Crippen molar-refractivity contribution in [1.29, 1.82) is 0 Å². The van der Waals surface area contributed by atoms with Crippen LogP contribution in [0, 0.1) is 5.92 Å². The number of allylic oxidation sites excluding steroid dienone is 1. The van der Waals surface area contributed by atoms with Gasteiger partial charge in [0, 0.05) is 31.4 Å². The minimum atomic E-state index is -0.743. The number of hydrogen-bond donors (Lipinski definition) is 3. The summed E-state index contributed by atoms with van der Waals surface area (Å²) in [4.78, 5) is 50.7. The number of esters is 2. The average molecular weight is 655 g/mol. The van der Waals surface area contributed by atoms with Crippen molar-refractivity contribution < 1.29 is 48.0 Å². The summed E-state index contributed by atoms with van der Waals surface area (Å²) in [6.07, 6.45) is 8.49. The van der Waals surface area contributed by atoms with Crippen LogP contribution in [0.2, 0.25) is 0 Å². The summed E-state index contributed by atoms with van der Waals surface area (Å²) >= 11 is 0. The van der Waals surface area contributed by atoms with E-state index in [1.165, 1.54) is 0 Å². The third-order valence-corrected chi connectivity index (χ3v) is 8.62. The molecule has 3 fully saturated rings. The van der Waals surface area contributed by atoms with Crippen LogP contribution in [0.4, 0.5) is 0 Å². The zero-order valence-corrected chi connectivity index (χ0v) is 27.3. The van der Waals surface area contributed by atoms with Crippen LogP contribution in [0.5, 0.6) is 0 Å². The van der Waals surface area contributed by atoms with Crippen LogP contribution in [0.15, 0.2) is 42.0 Å². The van der Waals surface area contributed by atoms with E-state index in [0.29, 0.717) is 29.3 Å². The Kier molecular flexibility index (Phi) is 11.5. The molecule has 1 aromatic carbocycles. The number of rotatable bonds is 13. The van der Waals surface area contributed by atoms with E-state index in [1.807, 2.05) is 18.2 Å². The predicted octanol–water partition coefficient (Wildman–Crippen LogP) is 2.97. The lowest BCUT2D eigenvalue weighted by molar-refractivity contribution is -0.155. The molecule has 256 valence electrons. The number of epoxide rings is 1. The van der Waals surface area contributed by atoms with Crippen LogP contribution in [0.3, 0.4) is 0 Å². The van der Waals surface area contributed by atoms with Crippen molar-refractivity contribution in [2.75, 3.05) is 19.9 Å². The summed E-state index contributed by atoms with van der Waals surface area (Å²) in [5, 5.41) is 15.0. The second kappa shape index (κ2) is 15.5. The third-order valence-electron chi connectivity index (χ3n) is 8.62. The van der Waals surface area contributed by atoms with Crippen LogP contribution < -0.4 is 10.6 Å². The monoisotopic (exact) mass is 654 g/mol. The Morgan fingerprint density at radius 2 is 1.94 bits per heavy atom. The van der Waals surface area contributed by atoms with E-state index in [9.17, 15) is 24.3 Å². The van der Waals surface area contributed by atoms with Crippen molar-refractivity contribution in [3.63, 3.8) is 0 Å². The van der Waals surface area contributed by atoms with E-state index in [0.717, 1.165) is 24.8 Å². The van der Waals surface area contributed by atoms with Crippen LogP contribution in [0.1, 0.15) is 81.6 Å². The number of amides is 2. The van der Waals surface area contributed by atoms with Crippen molar-refractivity contribution >= 4 is 29.8 Å². The maximum atomic E-state index is 13.2. The van der Waals surface area contributed by atoms with E-state index in [1.54, 1.807) is 39.0 Å². The Morgan fingerprint density at radius 3 is 2.70 bits per heavy atom. The van der Waals surface area contributed by atoms with Gasteiger partial charge in [-0.3, -0.25) is 14.4 Å². The van der Waals surface area contributed by atoms with E-state index >= 15 is 0 Å². The van der Waals surface area contributed by atoms with Crippen molar-refractivity contribution in [3.05, 3.63) is 53.1 Å². The lowest BCUT2D eigenvalue weighted by atomic mass is 9.88. The summed E-state index contributed by atoms with van der Waals surface area (Å²) in [6, 6.07) is 6.62. The standard InChI is InChI=1S/C35H46N2O10/c1-35(2,3)47-31(40)12-10-25(19-38)37-30(39)13-14-36-33(41)24-17-28-32(44-20-43-28)29(18-24)46-34(42)23-6-4-5-21(15-23)7-8-22-9-11-26-27(16-22)45-26/h4-8,15,17,22,25-29,32,38H,9-14,16,18-20H2,1-3H3,(H,36,41)(H,37,39)/t22?,25-,26?,27?,28+,29+,32+/m0/s1. The number of hydrogen-bond acceptors (Lipinski definition) is 10. The second-order valence-corrected chi connectivity index (χ2v) is 13.6. The first-order valence-electron chi connectivity index (χ1n) is 16.5. The molecule has 0 radical (unpaired) electrons. The zero-order chi connectivity index (χ0) is 33.6. The number of benzene rings is 1. The number of carbonyl (C=O) groups is 4. The van der Waals surface area contributed by atoms with E-state index in [-0.39, 0.29) is 51.5 Å². The highest BCUT2D eigenvalue weighted by atomic mass is 16.7. The number of fused-ring (bicyclic) bond motifs is 2. The van der Waals surface area contributed by atoms with E-state index < -0.39 is 47.8 Å². The number of ether oxygens (including phenoxy) is 5. The molecule has 12 heteroatoms. The summed E-state index contributed by atoms with van der Waals surface area (Å²) in [7, 11) is 0. The number of aliphatic hydroxyl groups excluding tert-OH is 1. The predicted molar refractivity (Wildman–Crippen MR) is 170 cm³/mol. The number of aliphatic hydroxyl groups is 1. The maximum absolute atomic E-state index is 13.2. The minimum Gasteiger partial charge on any atom is -0.460 e. The Hall–Kier alpha value is -3.58. The number of carbonyl (C=O) groups excluding carboxylic acids is 4. The van der Waals surface area contributed by atoms with Gasteiger partial charge in [-0.05, 0) is 76.1 Å². The summed E-state index contributed by atoms with van der Waals surface area (Å²) in [5.74, 6) is -1.26. The normalized spacial score (nSPS) is 27.2. The SMILES string of the molecule is CC(C)(C)OC(=O)CC[C@@H](CO)NC(=O)CCNC(=O)C1=C[C@H]2OCO[C@H]2[C@H](OC(=O)c2cccc(C=CC3CCC4OC4C3)c2)C1. The topological polar surface area (TPSA) is 162 Å². The third kappa shape index (κ3) is 10.2. The fourth-order valence-corrected chi connectivity index (χ4v) is 6.15. The highest BCUT2D eigenvalue weighted by Crippen LogP contribution is 2.40. The van der Waals surface area contributed by atoms with Gasteiger partial charge in [-0.25, -0.2) is 4.79 Å². The van der Waals surface area contributed by atoms with Gasteiger partial charge in [0.1, 0.15) is 30.7 Å². The Balaban J connectivity index is 1.09. The quantitative estimate of drug-likeness (QED) is 0.213. The molecule has 0 spiro atoms. The first-order valence-corrected chi connectivity index (χ1v) is 16.5. The molecule has 47 heavy (non-hydrogen) atoms. The molecule has 1 saturated carbocycles. The van der Waals surface area contributed by atoms with Gasteiger partial charge in [0.25, 0.3) is 0 Å². The molecule has 2 aliphatic carbocycles. The lowest BCUT2D eigenvalue weighted by Gasteiger charge is -2.30. The van der Waals surface area contributed by atoms with Crippen LogP contribution >= 0.6 is 0 Å². The highest BCUT2D eigenvalue weighted by Gasteiger charge is 2.44. The van der Waals surface area contributed by atoms with E-state index in [2.05, 4.69) is 16.7 Å². The Labute approximate surface area is 275 Å². The van der Waals surface area contributed by atoms with Gasteiger partial charge < -0.3 is 39.4 Å². The molecular formula is C35H46N2O10. The summed E-state index contributed by atoms with van der Waals surface area (Å²) in [5.41, 5.74) is 1.05. The van der Waals surface area contributed by atoms with Gasteiger partial charge >= 0.3 is 11.9 Å². The molecule has 0 aromatic heterocycles. The van der Waals surface area contributed by atoms with Gasteiger partial charge in [0.15, 0.2) is 0 Å². The van der Waals surface area contributed by atoms with Gasteiger partial charge in [-0.2, -0.15) is 0 Å². The Morgan fingerprint density at radius 1 is 1.11 bits per heavy atom. The highest BCUT2D eigenvalue weighted by molar-refractivity contribution is 5.94. The second-order valence-electron chi connectivity index (χ2n) is 13.6. The van der Waals surface area contributed by atoms with Crippen molar-refractivity contribution in [2.45, 2.75) is 108 Å². The fourth-order valence-electron chi connectivity index (χ4n) is 6.15. The van der Waals surface area contributed by atoms with Crippen molar-refractivity contribution in [3.8, 4) is 0 Å². The zero-order valence-electron chi connectivity index (χ0n) is 27.3. The molecule has 7 atom stereocenters.